The maximum absolute atomic E-state index is 13.7. The van der Waals surface area contributed by atoms with Crippen molar-refractivity contribution < 1.29 is 9.13 Å². The molecule has 21 heavy (non-hydrogen) atoms. The Hall–Kier alpha value is -1.62. The Bertz CT molecular complexity index is 692. The third kappa shape index (κ3) is 2.02. The van der Waals surface area contributed by atoms with E-state index in [1.807, 2.05) is 17.6 Å². The largest absolute Gasteiger partial charge is 0.378 e. The highest BCUT2D eigenvalue weighted by atomic mass is 19.1. The van der Waals surface area contributed by atoms with Crippen LogP contribution in [0.5, 0.6) is 0 Å². The molecule has 0 bridgehead atoms. The third-order valence-corrected chi connectivity index (χ3v) is 4.80. The summed E-state index contributed by atoms with van der Waals surface area (Å²) in [5.41, 5.74) is 8.21. The fourth-order valence-electron chi connectivity index (χ4n) is 3.35. The fourth-order valence-corrected chi connectivity index (χ4v) is 3.35. The van der Waals surface area contributed by atoms with Crippen molar-refractivity contribution in [2.45, 2.75) is 46.3 Å². The highest BCUT2D eigenvalue weighted by molar-refractivity contribution is 5.79. The van der Waals surface area contributed by atoms with Crippen LogP contribution in [0.25, 0.3) is 11.0 Å². The van der Waals surface area contributed by atoms with Crippen LogP contribution in [0.15, 0.2) is 12.1 Å². The second kappa shape index (κ2) is 4.70. The molecule has 1 aromatic heterocycles. The van der Waals surface area contributed by atoms with E-state index in [0.717, 1.165) is 11.9 Å². The molecule has 0 aliphatic heterocycles. The number of hydrogen-bond acceptors (Lipinski definition) is 3. The van der Waals surface area contributed by atoms with E-state index in [4.69, 9.17) is 10.5 Å². The van der Waals surface area contributed by atoms with Crippen LogP contribution >= 0.6 is 0 Å². The first kappa shape index (κ1) is 14.3. The lowest BCUT2D eigenvalue weighted by atomic mass is 9.64. The van der Waals surface area contributed by atoms with Gasteiger partial charge in [0.25, 0.3) is 0 Å². The van der Waals surface area contributed by atoms with Gasteiger partial charge in [-0.1, -0.05) is 13.8 Å². The van der Waals surface area contributed by atoms with E-state index in [-0.39, 0.29) is 23.4 Å². The van der Waals surface area contributed by atoms with Crippen molar-refractivity contribution in [2.24, 2.45) is 5.41 Å². The van der Waals surface area contributed by atoms with Gasteiger partial charge in [0.15, 0.2) is 0 Å². The van der Waals surface area contributed by atoms with Crippen molar-refractivity contribution in [3.63, 3.8) is 0 Å². The number of hydrogen-bond donors (Lipinski definition) is 1. The van der Waals surface area contributed by atoms with Gasteiger partial charge in [0.1, 0.15) is 5.82 Å². The van der Waals surface area contributed by atoms with E-state index in [1.165, 1.54) is 6.07 Å². The summed E-state index contributed by atoms with van der Waals surface area (Å²) < 4.78 is 21.5. The van der Waals surface area contributed by atoms with Gasteiger partial charge >= 0.3 is 0 Å². The van der Waals surface area contributed by atoms with Crippen LogP contribution in [0, 0.1) is 18.2 Å². The minimum absolute atomic E-state index is 0.0138. The van der Waals surface area contributed by atoms with E-state index in [0.29, 0.717) is 23.6 Å². The Morgan fingerprint density at radius 1 is 1.48 bits per heavy atom. The lowest BCUT2D eigenvalue weighted by molar-refractivity contribution is -0.126. The summed E-state index contributed by atoms with van der Waals surface area (Å²) in [6.07, 6.45) is 1.14. The molecule has 3 rings (SSSR count). The number of anilines is 1. The van der Waals surface area contributed by atoms with Gasteiger partial charge in [-0.2, -0.15) is 0 Å². The predicted octanol–water partition coefficient (Wildman–Crippen LogP) is 3.44. The van der Waals surface area contributed by atoms with E-state index in [9.17, 15) is 4.39 Å². The molecule has 2 atom stereocenters. The molecule has 1 heterocycles. The first-order valence-corrected chi connectivity index (χ1v) is 7.41. The minimum atomic E-state index is -0.243. The van der Waals surface area contributed by atoms with Crippen LogP contribution in [0.2, 0.25) is 0 Å². The average molecular weight is 291 g/mol. The number of fused-ring (bicyclic) bond motifs is 1. The Morgan fingerprint density at radius 2 is 2.19 bits per heavy atom. The summed E-state index contributed by atoms with van der Waals surface area (Å²) in [4.78, 5) is 4.31. The molecule has 0 radical (unpaired) electrons. The van der Waals surface area contributed by atoms with Gasteiger partial charge in [0.05, 0.1) is 17.1 Å². The average Bonchev–Trinajstić information content (AvgIpc) is 2.70. The Labute approximate surface area is 124 Å². The lowest BCUT2D eigenvalue weighted by Crippen LogP contribution is -2.51. The Balaban J connectivity index is 2.06. The van der Waals surface area contributed by atoms with Crippen LogP contribution in [0.3, 0.4) is 0 Å². The molecule has 1 aliphatic rings. The van der Waals surface area contributed by atoms with E-state index < -0.39 is 0 Å². The lowest BCUT2D eigenvalue weighted by Gasteiger charge is -2.52. The number of benzene rings is 1. The number of nitrogen functional groups attached to an aromatic ring is 1. The normalized spacial score (nSPS) is 24.2. The zero-order valence-electron chi connectivity index (χ0n) is 13.0. The van der Waals surface area contributed by atoms with Crippen LogP contribution in [-0.4, -0.2) is 22.3 Å². The molecule has 1 aliphatic carbocycles. The second-order valence-corrected chi connectivity index (χ2v) is 6.45. The van der Waals surface area contributed by atoms with Crippen molar-refractivity contribution in [2.75, 3.05) is 12.3 Å². The Morgan fingerprint density at radius 3 is 2.81 bits per heavy atom. The van der Waals surface area contributed by atoms with Crippen molar-refractivity contribution in [1.29, 1.82) is 0 Å². The van der Waals surface area contributed by atoms with Gasteiger partial charge in [-0.25, -0.2) is 9.37 Å². The molecule has 0 amide bonds. The summed E-state index contributed by atoms with van der Waals surface area (Å²) in [7, 11) is 0. The van der Waals surface area contributed by atoms with Gasteiger partial charge < -0.3 is 15.0 Å². The number of ether oxygens (including phenoxy) is 1. The molecule has 114 valence electrons. The number of aromatic nitrogens is 2. The topological polar surface area (TPSA) is 53.1 Å². The summed E-state index contributed by atoms with van der Waals surface area (Å²) in [5, 5.41) is 0. The third-order valence-electron chi connectivity index (χ3n) is 4.80. The zero-order valence-corrected chi connectivity index (χ0v) is 13.0. The molecule has 2 N–H and O–H groups in total. The number of nitrogens with zero attached hydrogens (tertiary/aromatic N) is 2. The molecule has 1 fully saturated rings. The van der Waals surface area contributed by atoms with E-state index in [1.54, 1.807) is 6.92 Å². The molecular formula is C16H22FN3O. The maximum Gasteiger partial charge on any atom is 0.201 e. The molecule has 5 heteroatoms. The SMILES string of the molecule is CCOC1CC(n2c(N)nc3cc(F)c(C)cc32)C1(C)C. The van der Waals surface area contributed by atoms with E-state index >= 15 is 0 Å². The molecule has 1 aromatic carbocycles. The predicted molar refractivity (Wildman–Crippen MR) is 81.7 cm³/mol. The molecule has 1 saturated carbocycles. The van der Waals surface area contributed by atoms with Gasteiger partial charge in [-0.05, 0) is 31.9 Å². The molecular weight excluding hydrogens is 269 g/mol. The second-order valence-electron chi connectivity index (χ2n) is 6.45. The van der Waals surface area contributed by atoms with Gasteiger partial charge in [-0.15, -0.1) is 0 Å². The fraction of sp³-hybridized carbons (Fsp3) is 0.562. The van der Waals surface area contributed by atoms with Gasteiger partial charge in [-0.3, -0.25) is 0 Å². The summed E-state index contributed by atoms with van der Waals surface area (Å²) >= 11 is 0. The monoisotopic (exact) mass is 291 g/mol. The highest BCUT2D eigenvalue weighted by Gasteiger charge is 2.50. The first-order chi connectivity index (χ1) is 9.86. The highest BCUT2D eigenvalue weighted by Crippen LogP contribution is 2.52. The number of aryl methyl sites for hydroxylation is 1. The van der Waals surface area contributed by atoms with Gasteiger partial charge in [0, 0.05) is 24.1 Å². The zero-order chi connectivity index (χ0) is 15.4. The summed E-state index contributed by atoms with van der Waals surface area (Å²) in [6, 6.07) is 3.52. The molecule has 0 spiro atoms. The molecule has 4 nitrogen and oxygen atoms in total. The number of nitrogens with two attached hydrogens (primary N) is 1. The smallest absolute Gasteiger partial charge is 0.201 e. The summed E-state index contributed by atoms with van der Waals surface area (Å²) in [6.45, 7) is 8.85. The number of imidazole rings is 1. The van der Waals surface area contributed by atoms with Gasteiger partial charge in [0.2, 0.25) is 5.95 Å². The van der Waals surface area contributed by atoms with Crippen LogP contribution < -0.4 is 5.73 Å². The number of halogens is 1. The van der Waals surface area contributed by atoms with Crippen molar-refractivity contribution >= 4 is 17.0 Å². The number of rotatable bonds is 3. The molecule has 0 saturated heterocycles. The van der Waals surface area contributed by atoms with E-state index in [2.05, 4.69) is 18.8 Å². The molecule has 2 aromatic rings. The summed E-state index contributed by atoms with van der Waals surface area (Å²) in [5.74, 6) is 0.204. The van der Waals surface area contributed by atoms with Crippen molar-refractivity contribution in [3.05, 3.63) is 23.5 Å². The van der Waals surface area contributed by atoms with Crippen LogP contribution in [0.4, 0.5) is 10.3 Å². The minimum Gasteiger partial charge on any atom is -0.378 e. The van der Waals surface area contributed by atoms with Crippen molar-refractivity contribution in [3.8, 4) is 0 Å². The quantitative estimate of drug-likeness (QED) is 0.942. The first-order valence-electron chi connectivity index (χ1n) is 7.41. The van der Waals surface area contributed by atoms with Crippen LogP contribution in [0.1, 0.15) is 38.8 Å². The van der Waals surface area contributed by atoms with Crippen LogP contribution in [-0.2, 0) is 4.74 Å². The Kier molecular flexibility index (Phi) is 3.20. The van der Waals surface area contributed by atoms with Crippen molar-refractivity contribution in [1.82, 2.24) is 9.55 Å². The standard InChI is InChI=1S/C16H22FN3O/c1-5-21-14-8-13(16(14,3)4)20-12-6-9(2)10(17)7-11(12)19-15(20)18/h6-7,13-14H,5,8H2,1-4H3,(H2,18,19). The molecule has 2 unspecified atom stereocenters. The maximum atomic E-state index is 13.7.